The summed E-state index contributed by atoms with van der Waals surface area (Å²) in [6.07, 6.45) is 5.51. The molecule has 0 aliphatic heterocycles. The van der Waals surface area contributed by atoms with Crippen LogP contribution in [0.2, 0.25) is 0 Å². The Bertz CT molecular complexity index is 654. The fraction of sp³-hybridized carbons (Fsp3) is 0.478. The van der Waals surface area contributed by atoms with E-state index in [0.717, 1.165) is 23.6 Å². The summed E-state index contributed by atoms with van der Waals surface area (Å²) < 4.78 is 32.5. The van der Waals surface area contributed by atoms with Gasteiger partial charge in [-0.15, -0.1) is 0 Å². The Balaban J connectivity index is 1.54. The lowest BCUT2D eigenvalue weighted by Crippen LogP contribution is -2.87. The van der Waals surface area contributed by atoms with Gasteiger partial charge in [0.25, 0.3) is 0 Å². The van der Waals surface area contributed by atoms with Gasteiger partial charge in [0.2, 0.25) is 0 Å². The smallest absolute Gasteiger partial charge is 0.126 e. The maximum absolute atomic E-state index is 13.3. The van der Waals surface area contributed by atoms with Crippen molar-refractivity contribution < 1.29 is 23.9 Å². The molecule has 3 nitrogen and oxygen atoms in total. The van der Waals surface area contributed by atoms with Gasteiger partial charge in [0.05, 0.1) is 13.2 Å². The molecule has 0 radical (unpaired) electrons. The number of rotatable bonds is 9. The van der Waals surface area contributed by atoms with E-state index in [9.17, 15) is 13.9 Å². The predicted molar refractivity (Wildman–Crippen MR) is 105 cm³/mol. The summed E-state index contributed by atoms with van der Waals surface area (Å²) in [5.41, 5.74) is 1.54. The van der Waals surface area contributed by atoms with E-state index >= 15 is 0 Å². The van der Waals surface area contributed by atoms with E-state index in [1.54, 1.807) is 24.3 Å². The van der Waals surface area contributed by atoms with Crippen molar-refractivity contribution in [1.82, 2.24) is 0 Å². The maximum Gasteiger partial charge on any atom is 0.126 e. The van der Waals surface area contributed by atoms with E-state index in [1.165, 1.54) is 56.4 Å². The van der Waals surface area contributed by atoms with Crippen molar-refractivity contribution in [2.24, 2.45) is 5.92 Å². The quantitative estimate of drug-likeness (QED) is 0.688. The molecule has 152 valence electrons. The highest BCUT2D eigenvalue weighted by Crippen LogP contribution is 2.27. The Morgan fingerprint density at radius 2 is 1.43 bits per heavy atom. The van der Waals surface area contributed by atoms with Crippen LogP contribution in [0.15, 0.2) is 48.5 Å². The normalized spacial score (nSPS) is 16.4. The highest BCUT2D eigenvalue weighted by molar-refractivity contribution is 5.30. The number of halogens is 2. The Kier molecular flexibility index (Phi) is 7.95. The number of aliphatic hydroxyl groups excluding tert-OH is 1. The standard InChI is InChI=1S/C23H29F2NO2/c24-20-10-6-18(7-11-20)23(19-8-12-21(25)13-9-19)28-16-22(27)15-26-14-17-4-2-1-3-5-17/h6-13,17,22-23,26-27H,1-5,14-16H2/p+1/t22-/m0/s1. The van der Waals surface area contributed by atoms with E-state index in [0.29, 0.717) is 6.54 Å². The molecule has 0 aromatic heterocycles. The van der Waals surface area contributed by atoms with Gasteiger partial charge in [-0.1, -0.05) is 43.5 Å². The van der Waals surface area contributed by atoms with E-state index in [2.05, 4.69) is 5.32 Å². The predicted octanol–water partition coefficient (Wildman–Crippen LogP) is 3.58. The molecule has 1 atom stereocenters. The number of aliphatic hydroxyl groups is 1. The summed E-state index contributed by atoms with van der Waals surface area (Å²) in [4.78, 5) is 0. The molecule has 0 bridgehead atoms. The van der Waals surface area contributed by atoms with Gasteiger partial charge in [0, 0.05) is 5.92 Å². The van der Waals surface area contributed by atoms with E-state index in [-0.39, 0.29) is 18.2 Å². The first-order chi connectivity index (χ1) is 13.6. The van der Waals surface area contributed by atoms with E-state index in [4.69, 9.17) is 4.74 Å². The van der Waals surface area contributed by atoms with Crippen LogP contribution in [0.1, 0.15) is 49.3 Å². The highest BCUT2D eigenvalue weighted by Gasteiger charge is 2.19. The Labute approximate surface area is 165 Å². The van der Waals surface area contributed by atoms with Gasteiger partial charge in [-0.25, -0.2) is 8.78 Å². The number of nitrogens with two attached hydrogens (primary N) is 1. The molecule has 0 saturated heterocycles. The molecule has 2 aromatic carbocycles. The monoisotopic (exact) mass is 390 g/mol. The first kappa shape index (κ1) is 20.9. The van der Waals surface area contributed by atoms with Crippen LogP contribution in [0.5, 0.6) is 0 Å². The van der Waals surface area contributed by atoms with Crippen LogP contribution >= 0.6 is 0 Å². The Morgan fingerprint density at radius 1 is 0.893 bits per heavy atom. The van der Waals surface area contributed by atoms with Crippen LogP contribution in [0.3, 0.4) is 0 Å². The topological polar surface area (TPSA) is 46.1 Å². The molecule has 1 aliphatic rings. The van der Waals surface area contributed by atoms with Crippen molar-refractivity contribution in [1.29, 1.82) is 0 Å². The number of hydrogen-bond acceptors (Lipinski definition) is 2. The maximum atomic E-state index is 13.3. The fourth-order valence-corrected chi connectivity index (χ4v) is 3.88. The second-order valence-corrected chi connectivity index (χ2v) is 7.73. The summed E-state index contributed by atoms with van der Waals surface area (Å²) in [6.45, 7) is 1.81. The molecule has 0 heterocycles. The minimum atomic E-state index is -0.591. The second kappa shape index (κ2) is 10.6. The van der Waals surface area contributed by atoms with Crippen LogP contribution in [0.4, 0.5) is 8.78 Å². The zero-order valence-electron chi connectivity index (χ0n) is 16.2. The lowest BCUT2D eigenvalue weighted by molar-refractivity contribution is -0.667. The molecule has 3 rings (SSSR count). The molecule has 1 fully saturated rings. The highest BCUT2D eigenvalue weighted by atomic mass is 19.1. The molecule has 0 unspecified atom stereocenters. The average Bonchev–Trinajstić information content (AvgIpc) is 2.71. The van der Waals surface area contributed by atoms with Crippen LogP contribution in [0, 0.1) is 17.6 Å². The number of benzene rings is 2. The summed E-state index contributed by atoms with van der Waals surface area (Å²) >= 11 is 0. The molecule has 3 N–H and O–H groups in total. The number of quaternary nitrogens is 1. The van der Waals surface area contributed by atoms with Crippen molar-refractivity contribution >= 4 is 0 Å². The Morgan fingerprint density at radius 3 is 1.96 bits per heavy atom. The Hall–Kier alpha value is -1.82. The first-order valence-electron chi connectivity index (χ1n) is 10.2. The van der Waals surface area contributed by atoms with Gasteiger partial charge in [0.15, 0.2) is 0 Å². The van der Waals surface area contributed by atoms with Gasteiger partial charge in [-0.05, 0) is 48.2 Å². The van der Waals surface area contributed by atoms with Gasteiger partial charge >= 0.3 is 0 Å². The summed E-state index contributed by atoms with van der Waals surface area (Å²) in [6, 6.07) is 12.1. The molecule has 2 aromatic rings. The second-order valence-electron chi connectivity index (χ2n) is 7.73. The molecule has 0 amide bonds. The van der Waals surface area contributed by atoms with E-state index < -0.39 is 12.2 Å². The van der Waals surface area contributed by atoms with E-state index in [1.807, 2.05) is 0 Å². The largest absolute Gasteiger partial charge is 0.385 e. The van der Waals surface area contributed by atoms with Crippen LogP contribution in [0.25, 0.3) is 0 Å². The van der Waals surface area contributed by atoms with Crippen molar-refractivity contribution in [2.45, 2.75) is 44.3 Å². The average molecular weight is 390 g/mol. The molecule has 28 heavy (non-hydrogen) atoms. The van der Waals surface area contributed by atoms with Gasteiger partial charge < -0.3 is 15.2 Å². The lowest BCUT2D eigenvalue weighted by atomic mass is 9.89. The van der Waals surface area contributed by atoms with Crippen molar-refractivity contribution in [2.75, 3.05) is 19.7 Å². The van der Waals surface area contributed by atoms with Gasteiger partial charge in [-0.2, -0.15) is 0 Å². The third-order valence-electron chi connectivity index (χ3n) is 5.46. The van der Waals surface area contributed by atoms with Gasteiger partial charge in [0.1, 0.15) is 30.4 Å². The molecular formula is C23H30F2NO2+. The fourth-order valence-electron chi connectivity index (χ4n) is 3.88. The summed E-state index contributed by atoms with van der Waals surface area (Å²) in [5.74, 6) is 0.117. The van der Waals surface area contributed by atoms with Crippen molar-refractivity contribution in [3.63, 3.8) is 0 Å². The number of hydrogen-bond donors (Lipinski definition) is 2. The third-order valence-corrected chi connectivity index (χ3v) is 5.46. The van der Waals surface area contributed by atoms with Crippen LogP contribution in [-0.4, -0.2) is 30.9 Å². The van der Waals surface area contributed by atoms with Crippen LogP contribution in [-0.2, 0) is 4.74 Å². The molecule has 0 spiro atoms. The zero-order valence-corrected chi connectivity index (χ0v) is 16.2. The molecule has 1 saturated carbocycles. The molecular weight excluding hydrogens is 360 g/mol. The zero-order chi connectivity index (χ0) is 19.8. The SMILES string of the molecule is O[C@@H](C[NH2+]CC1CCCCC1)COC(c1ccc(F)cc1)c1ccc(F)cc1. The van der Waals surface area contributed by atoms with Gasteiger partial charge in [-0.3, -0.25) is 0 Å². The van der Waals surface area contributed by atoms with Crippen LogP contribution < -0.4 is 5.32 Å². The number of ether oxygens (including phenoxy) is 1. The minimum absolute atomic E-state index is 0.167. The van der Waals surface area contributed by atoms with Crippen molar-refractivity contribution in [3.05, 3.63) is 71.3 Å². The molecule has 1 aliphatic carbocycles. The minimum Gasteiger partial charge on any atom is -0.385 e. The first-order valence-corrected chi connectivity index (χ1v) is 10.2. The lowest BCUT2D eigenvalue weighted by Gasteiger charge is -2.22. The summed E-state index contributed by atoms with van der Waals surface area (Å²) in [7, 11) is 0. The van der Waals surface area contributed by atoms with Crippen molar-refractivity contribution in [3.8, 4) is 0 Å². The third kappa shape index (κ3) is 6.36. The molecule has 5 heteroatoms. The summed E-state index contributed by atoms with van der Waals surface area (Å²) in [5, 5.41) is 12.5.